The first-order valence-electron chi connectivity index (χ1n) is 7.49. The normalized spacial score (nSPS) is 13.1. The zero-order chi connectivity index (χ0) is 17.3. The zero-order valence-corrected chi connectivity index (χ0v) is 15.6. The maximum Gasteiger partial charge on any atom is 0.235 e. The molecule has 0 spiro atoms. The maximum absolute atomic E-state index is 13.8. The minimum Gasteiger partial charge on any atom is -0.321 e. The number of fused-ring (bicyclic) bond motifs is 1. The number of thioether (sulfide) groups is 1. The van der Waals surface area contributed by atoms with Crippen LogP contribution in [0.15, 0.2) is 22.5 Å². The Balaban J connectivity index is 1.78. The van der Waals surface area contributed by atoms with Gasteiger partial charge in [-0.05, 0) is 24.5 Å². The first-order valence-corrected chi connectivity index (χ1v) is 9.67. The lowest BCUT2D eigenvalue weighted by Gasteiger charge is -2.10. The van der Waals surface area contributed by atoms with Gasteiger partial charge in [0.2, 0.25) is 4.96 Å². The first kappa shape index (κ1) is 17.6. The molecule has 1 aromatic carbocycles. The fourth-order valence-electron chi connectivity index (χ4n) is 2.32. The van der Waals surface area contributed by atoms with E-state index in [-0.39, 0.29) is 11.9 Å². The van der Waals surface area contributed by atoms with Gasteiger partial charge in [0.05, 0.1) is 6.04 Å². The average Bonchev–Trinajstić information content (AvgIpc) is 3.05. The molecule has 3 rings (SSSR count). The Morgan fingerprint density at radius 1 is 1.38 bits per heavy atom. The van der Waals surface area contributed by atoms with Gasteiger partial charge in [-0.2, -0.15) is 4.52 Å². The molecule has 9 heteroatoms. The van der Waals surface area contributed by atoms with Crippen molar-refractivity contribution in [3.8, 4) is 0 Å². The number of hydrogen-bond acceptors (Lipinski definition) is 6. The molecule has 128 valence electrons. The van der Waals surface area contributed by atoms with Gasteiger partial charge in [-0.1, -0.05) is 54.6 Å². The number of nitrogens with two attached hydrogens (primary N) is 1. The van der Waals surface area contributed by atoms with Gasteiger partial charge in [0.15, 0.2) is 10.2 Å². The summed E-state index contributed by atoms with van der Waals surface area (Å²) >= 11 is 8.88. The Hall–Kier alpha value is -1.22. The van der Waals surface area contributed by atoms with Gasteiger partial charge in [-0.3, -0.25) is 0 Å². The molecular weight excluding hydrogens is 369 g/mol. The second-order valence-electron chi connectivity index (χ2n) is 5.85. The van der Waals surface area contributed by atoms with Crippen LogP contribution < -0.4 is 5.73 Å². The molecule has 1 atom stereocenters. The summed E-state index contributed by atoms with van der Waals surface area (Å²) in [5, 5.41) is 13.2. The molecule has 0 saturated carbocycles. The summed E-state index contributed by atoms with van der Waals surface area (Å²) in [6.45, 7) is 4.22. The summed E-state index contributed by atoms with van der Waals surface area (Å²) in [5.74, 6) is 1.22. The third-order valence-corrected chi connectivity index (χ3v) is 5.87. The van der Waals surface area contributed by atoms with E-state index < -0.39 is 0 Å². The second kappa shape index (κ2) is 7.35. The van der Waals surface area contributed by atoms with Crippen LogP contribution in [0.5, 0.6) is 0 Å². The van der Waals surface area contributed by atoms with Gasteiger partial charge < -0.3 is 5.73 Å². The standard InChI is InChI=1S/C15H17ClFN5S2/c1-8(2)6-12(18)13-19-20-14-22(13)21-15(24-14)23-7-9-10(16)4-3-5-11(9)17/h3-5,8,12H,6-7,18H2,1-2H3/t12-/m0/s1. The highest BCUT2D eigenvalue weighted by molar-refractivity contribution is 8.00. The van der Waals surface area contributed by atoms with Crippen molar-refractivity contribution in [2.45, 2.75) is 36.4 Å². The summed E-state index contributed by atoms with van der Waals surface area (Å²) in [7, 11) is 0. The number of halogens is 2. The van der Waals surface area contributed by atoms with Crippen LogP contribution in [0.2, 0.25) is 5.02 Å². The SMILES string of the molecule is CC(C)C[C@H](N)c1nnc2sc(SCc3c(F)cccc3Cl)nn12. The van der Waals surface area contributed by atoms with Crippen LogP contribution >= 0.6 is 34.7 Å². The summed E-state index contributed by atoms with van der Waals surface area (Å²) in [6.07, 6.45) is 0.811. The second-order valence-corrected chi connectivity index (χ2v) is 8.43. The van der Waals surface area contributed by atoms with Gasteiger partial charge in [-0.15, -0.1) is 15.3 Å². The molecule has 24 heavy (non-hydrogen) atoms. The highest BCUT2D eigenvalue weighted by atomic mass is 35.5. The summed E-state index contributed by atoms with van der Waals surface area (Å²) in [5.41, 5.74) is 6.67. The first-order chi connectivity index (χ1) is 11.5. The van der Waals surface area contributed by atoms with Crippen LogP contribution in [0.3, 0.4) is 0 Å². The van der Waals surface area contributed by atoms with Crippen LogP contribution in [0.4, 0.5) is 4.39 Å². The van der Waals surface area contributed by atoms with E-state index in [0.717, 1.165) is 10.8 Å². The van der Waals surface area contributed by atoms with E-state index in [0.29, 0.717) is 33.0 Å². The lowest BCUT2D eigenvalue weighted by molar-refractivity contribution is 0.485. The summed E-state index contributed by atoms with van der Waals surface area (Å²) < 4.78 is 16.3. The molecule has 0 aliphatic rings. The Morgan fingerprint density at radius 2 is 2.17 bits per heavy atom. The van der Waals surface area contributed by atoms with Gasteiger partial charge in [0.1, 0.15) is 5.82 Å². The van der Waals surface area contributed by atoms with Gasteiger partial charge in [-0.25, -0.2) is 4.39 Å². The minimum atomic E-state index is -0.308. The molecule has 0 fully saturated rings. The lowest BCUT2D eigenvalue weighted by atomic mass is 10.0. The molecule has 0 aliphatic heterocycles. The molecular formula is C15H17ClFN5S2. The number of aromatic nitrogens is 4. The topological polar surface area (TPSA) is 69.1 Å². The van der Waals surface area contributed by atoms with E-state index in [9.17, 15) is 4.39 Å². The van der Waals surface area contributed by atoms with Crippen LogP contribution in [0.1, 0.15) is 37.7 Å². The number of rotatable bonds is 6. The van der Waals surface area contributed by atoms with E-state index in [4.69, 9.17) is 17.3 Å². The quantitative estimate of drug-likeness (QED) is 0.640. The van der Waals surface area contributed by atoms with E-state index in [1.54, 1.807) is 16.6 Å². The van der Waals surface area contributed by atoms with E-state index in [2.05, 4.69) is 29.1 Å². The van der Waals surface area contributed by atoms with Crippen molar-refractivity contribution >= 4 is 39.7 Å². The average molecular weight is 386 g/mol. The van der Waals surface area contributed by atoms with Gasteiger partial charge in [0, 0.05) is 16.3 Å². The highest BCUT2D eigenvalue weighted by Gasteiger charge is 2.19. The highest BCUT2D eigenvalue weighted by Crippen LogP contribution is 2.31. The van der Waals surface area contributed by atoms with Crippen molar-refractivity contribution in [1.82, 2.24) is 19.8 Å². The van der Waals surface area contributed by atoms with Crippen molar-refractivity contribution in [3.63, 3.8) is 0 Å². The fraction of sp³-hybridized carbons (Fsp3) is 0.400. The Bertz CT molecular complexity index is 827. The third kappa shape index (κ3) is 3.72. The molecule has 0 saturated heterocycles. The molecule has 2 heterocycles. The molecule has 5 nitrogen and oxygen atoms in total. The monoisotopic (exact) mass is 385 g/mol. The predicted molar refractivity (Wildman–Crippen MR) is 96.0 cm³/mol. The maximum atomic E-state index is 13.8. The Labute approximate surface area is 152 Å². The zero-order valence-electron chi connectivity index (χ0n) is 13.2. The molecule has 0 bridgehead atoms. The van der Waals surface area contributed by atoms with Crippen molar-refractivity contribution in [1.29, 1.82) is 0 Å². The van der Waals surface area contributed by atoms with Crippen molar-refractivity contribution in [3.05, 3.63) is 40.4 Å². The molecule has 2 N–H and O–H groups in total. The van der Waals surface area contributed by atoms with Crippen LogP contribution in [-0.4, -0.2) is 19.8 Å². The molecule has 0 aliphatic carbocycles. The number of benzene rings is 1. The van der Waals surface area contributed by atoms with Crippen LogP contribution in [0, 0.1) is 11.7 Å². The summed E-state index contributed by atoms with van der Waals surface area (Å²) in [6, 6.07) is 4.48. The lowest BCUT2D eigenvalue weighted by Crippen LogP contribution is -2.16. The minimum absolute atomic E-state index is 0.207. The summed E-state index contributed by atoms with van der Waals surface area (Å²) in [4.78, 5) is 0.686. The van der Waals surface area contributed by atoms with Crippen molar-refractivity contribution in [2.75, 3.05) is 0 Å². The van der Waals surface area contributed by atoms with Crippen LogP contribution in [0.25, 0.3) is 4.96 Å². The molecule has 0 unspecified atom stereocenters. The molecule has 0 radical (unpaired) electrons. The number of nitrogens with zero attached hydrogens (tertiary/aromatic N) is 4. The van der Waals surface area contributed by atoms with Gasteiger partial charge >= 0.3 is 0 Å². The number of hydrogen-bond donors (Lipinski definition) is 1. The van der Waals surface area contributed by atoms with E-state index >= 15 is 0 Å². The molecule has 2 aromatic heterocycles. The van der Waals surface area contributed by atoms with Crippen LogP contribution in [-0.2, 0) is 5.75 Å². The predicted octanol–water partition coefficient (Wildman–Crippen LogP) is 4.32. The van der Waals surface area contributed by atoms with Crippen molar-refractivity contribution < 1.29 is 4.39 Å². The fourth-order valence-corrected chi connectivity index (χ4v) is 4.55. The largest absolute Gasteiger partial charge is 0.321 e. The smallest absolute Gasteiger partial charge is 0.235 e. The van der Waals surface area contributed by atoms with E-state index in [1.807, 2.05) is 0 Å². The third-order valence-electron chi connectivity index (χ3n) is 3.46. The Kier molecular flexibility index (Phi) is 5.39. The molecule has 3 aromatic rings. The Morgan fingerprint density at radius 3 is 2.88 bits per heavy atom. The van der Waals surface area contributed by atoms with E-state index in [1.165, 1.54) is 29.2 Å². The molecule has 0 amide bonds. The van der Waals surface area contributed by atoms with Gasteiger partial charge in [0.25, 0.3) is 0 Å². The van der Waals surface area contributed by atoms with Crippen molar-refractivity contribution in [2.24, 2.45) is 11.7 Å².